The molecule has 0 aliphatic rings. The van der Waals surface area contributed by atoms with Crippen molar-refractivity contribution >= 4 is 5.97 Å². The van der Waals surface area contributed by atoms with Gasteiger partial charge in [0.1, 0.15) is 0 Å². The summed E-state index contributed by atoms with van der Waals surface area (Å²) < 4.78 is 4.57. The maximum absolute atomic E-state index is 10.8. The lowest BCUT2D eigenvalue weighted by Gasteiger charge is -1.99. The minimum atomic E-state index is -0.106. The number of esters is 1. The number of methoxy groups -OCH3 is 1. The quantitative estimate of drug-likeness (QED) is 0.330. The van der Waals surface area contributed by atoms with Gasteiger partial charge in [0.15, 0.2) is 0 Å². The van der Waals surface area contributed by atoms with Crippen molar-refractivity contribution in [1.82, 2.24) is 0 Å². The molecule has 3 heteroatoms. The van der Waals surface area contributed by atoms with Gasteiger partial charge in [0.05, 0.1) is 13.2 Å². The largest absolute Gasteiger partial charge is 0.469 e. The SMILES string of the molecule is COC(=O)CCCCCCC/C=C/CCC#N. The van der Waals surface area contributed by atoms with Gasteiger partial charge in [0.25, 0.3) is 0 Å². The molecule has 0 rings (SSSR count). The van der Waals surface area contributed by atoms with Gasteiger partial charge in [-0.15, -0.1) is 0 Å². The van der Waals surface area contributed by atoms with Gasteiger partial charge >= 0.3 is 5.97 Å². The number of ether oxygens (including phenoxy) is 1. The van der Waals surface area contributed by atoms with Gasteiger partial charge in [-0.2, -0.15) is 5.26 Å². The Hall–Kier alpha value is -1.30. The molecule has 0 heterocycles. The van der Waals surface area contributed by atoms with E-state index in [0.717, 1.165) is 25.7 Å². The zero-order valence-corrected chi connectivity index (χ0v) is 10.8. The van der Waals surface area contributed by atoms with Crippen LogP contribution in [-0.4, -0.2) is 13.1 Å². The summed E-state index contributed by atoms with van der Waals surface area (Å²) >= 11 is 0. The fourth-order valence-corrected chi connectivity index (χ4v) is 1.55. The summed E-state index contributed by atoms with van der Waals surface area (Å²) in [6.45, 7) is 0. The molecule has 0 spiro atoms. The molecule has 0 radical (unpaired) electrons. The zero-order valence-electron chi connectivity index (χ0n) is 10.8. The van der Waals surface area contributed by atoms with Gasteiger partial charge in [-0.1, -0.05) is 31.4 Å². The van der Waals surface area contributed by atoms with E-state index in [1.54, 1.807) is 0 Å². The molecule has 0 saturated heterocycles. The van der Waals surface area contributed by atoms with E-state index in [1.807, 2.05) is 0 Å². The lowest BCUT2D eigenvalue weighted by molar-refractivity contribution is -0.140. The van der Waals surface area contributed by atoms with Gasteiger partial charge in [-0.05, 0) is 25.7 Å². The molecule has 0 aliphatic carbocycles. The molecule has 17 heavy (non-hydrogen) atoms. The Morgan fingerprint density at radius 1 is 1.12 bits per heavy atom. The minimum Gasteiger partial charge on any atom is -0.469 e. The second-order valence-corrected chi connectivity index (χ2v) is 4.05. The van der Waals surface area contributed by atoms with Crippen molar-refractivity contribution in [2.45, 2.75) is 57.8 Å². The third kappa shape index (κ3) is 12.6. The molecule has 0 aromatic rings. The van der Waals surface area contributed by atoms with Gasteiger partial charge in [0, 0.05) is 12.8 Å². The molecular formula is C14H23NO2. The Morgan fingerprint density at radius 3 is 2.47 bits per heavy atom. The van der Waals surface area contributed by atoms with Crippen LogP contribution >= 0.6 is 0 Å². The molecular weight excluding hydrogens is 214 g/mol. The highest BCUT2D eigenvalue weighted by Gasteiger charge is 1.98. The predicted molar refractivity (Wildman–Crippen MR) is 68.3 cm³/mol. The van der Waals surface area contributed by atoms with Crippen LogP contribution in [0.3, 0.4) is 0 Å². The molecule has 0 bridgehead atoms. The van der Waals surface area contributed by atoms with E-state index in [-0.39, 0.29) is 5.97 Å². The van der Waals surface area contributed by atoms with Gasteiger partial charge in [0.2, 0.25) is 0 Å². The van der Waals surface area contributed by atoms with Crippen molar-refractivity contribution in [1.29, 1.82) is 5.26 Å². The van der Waals surface area contributed by atoms with Crippen LogP contribution in [-0.2, 0) is 9.53 Å². The van der Waals surface area contributed by atoms with Crippen molar-refractivity contribution in [3.05, 3.63) is 12.2 Å². The van der Waals surface area contributed by atoms with Crippen LogP contribution in [0.25, 0.3) is 0 Å². The minimum absolute atomic E-state index is 0.106. The normalized spacial score (nSPS) is 10.4. The smallest absolute Gasteiger partial charge is 0.305 e. The van der Waals surface area contributed by atoms with E-state index in [2.05, 4.69) is 23.0 Å². The molecule has 3 nitrogen and oxygen atoms in total. The first-order valence-corrected chi connectivity index (χ1v) is 6.40. The van der Waals surface area contributed by atoms with E-state index in [1.165, 1.54) is 26.4 Å². The summed E-state index contributed by atoms with van der Waals surface area (Å²) in [5.74, 6) is -0.106. The summed E-state index contributed by atoms with van der Waals surface area (Å²) in [5.41, 5.74) is 0. The molecule has 0 amide bonds. The maximum Gasteiger partial charge on any atom is 0.305 e. The molecule has 96 valence electrons. The maximum atomic E-state index is 10.8. The molecule has 0 fully saturated rings. The molecule has 0 aromatic carbocycles. The fourth-order valence-electron chi connectivity index (χ4n) is 1.55. The molecule has 0 unspecified atom stereocenters. The van der Waals surface area contributed by atoms with Crippen molar-refractivity contribution in [2.24, 2.45) is 0 Å². The van der Waals surface area contributed by atoms with Crippen molar-refractivity contribution in [3.63, 3.8) is 0 Å². The lowest BCUT2D eigenvalue weighted by atomic mass is 10.1. The molecule has 0 atom stereocenters. The number of hydrogen-bond donors (Lipinski definition) is 0. The van der Waals surface area contributed by atoms with E-state index in [0.29, 0.717) is 12.8 Å². The van der Waals surface area contributed by atoms with Crippen LogP contribution in [0.15, 0.2) is 12.2 Å². The third-order valence-electron chi connectivity index (χ3n) is 2.57. The highest BCUT2D eigenvalue weighted by atomic mass is 16.5. The second-order valence-electron chi connectivity index (χ2n) is 4.05. The number of carbonyl (C=O) groups excluding carboxylic acids is 1. The van der Waals surface area contributed by atoms with E-state index >= 15 is 0 Å². The molecule has 0 saturated carbocycles. The van der Waals surface area contributed by atoms with Gasteiger partial charge < -0.3 is 4.74 Å². The predicted octanol–water partition coefficient (Wildman–Crippen LogP) is 3.75. The monoisotopic (exact) mass is 237 g/mol. The summed E-state index contributed by atoms with van der Waals surface area (Å²) in [6, 6.07) is 2.12. The summed E-state index contributed by atoms with van der Waals surface area (Å²) in [7, 11) is 1.43. The summed E-state index contributed by atoms with van der Waals surface area (Å²) in [4.78, 5) is 10.8. The summed E-state index contributed by atoms with van der Waals surface area (Å²) in [6.07, 6.45) is 13.0. The molecule has 0 aromatic heterocycles. The highest BCUT2D eigenvalue weighted by molar-refractivity contribution is 5.68. The number of carbonyl (C=O) groups is 1. The first-order chi connectivity index (χ1) is 8.31. The first kappa shape index (κ1) is 15.7. The van der Waals surface area contributed by atoms with E-state index in [9.17, 15) is 4.79 Å². The van der Waals surface area contributed by atoms with Gasteiger partial charge in [-0.25, -0.2) is 0 Å². The second kappa shape index (κ2) is 12.8. The Bertz CT molecular complexity index is 253. The lowest BCUT2D eigenvalue weighted by Crippen LogP contribution is -1.98. The van der Waals surface area contributed by atoms with E-state index < -0.39 is 0 Å². The van der Waals surface area contributed by atoms with Crippen LogP contribution in [0.2, 0.25) is 0 Å². The summed E-state index contributed by atoms with van der Waals surface area (Å²) in [5, 5.41) is 8.33. The van der Waals surface area contributed by atoms with Crippen molar-refractivity contribution < 1.29 is 9.53 Å². The van der Waals surface area contributed by atoms with Crippen LogP contribution < -0.4 is 0 Å². The average molecular weight is 237 g/mol. The number of hydrogen-bond acceptors (Lipinski definition) is 3. The van der Waals surface area contributed by atoms with Crippen LogP contribution in [0.4, 0.5) is 0 Å². The number of rotatable bonds is 10. The van der Waals surface area contributed by atoms with E-state index in [4.69, 9.17) is 5.26 Å². The van der Waals surface area contributed by atoms with Crippen molar-refractivity contribution in [2.75, 3.05) is 7.11 Å². The van der Waals surface area contributed by atoms with Crippen molar-refractivity contribution in [3.8, 4) is 6.07 Å². The zero-order chi connectivity index (χ0) is 12.8. The molecule has 0 aliphatic heterocycles. The van der Waals surface area contributed by atoms with Gasteiger partial charge in [-0.3, -0.25) is 4.79 Å². The fraction of sp³-hybridized carbons (Fsp3) is 0.714. The molecule has 0 N–H and O–H groups in total. The Morgan fingerprint density at radius 2 is 1.76 bits per heavy atom. The number of nitrogens with zero attached hydrogens (tertiary/aromatic N) is 1. The Balaban J connectivity index is 3.11. The number of allylic oxidation sites excluding steroid dienone is 2. The first-order valence-electron chi connectivity index (χ1n) is 6.40. The third-order valence-corrected chi connectivity index (χ3v) is 2.57. The number of nitriles is 1. The Kier molecular flexibility index (Phi) is 11.8. The van der Waals surface area contributed by atoms with Crippen LogP contribution in [0.5, 0.6) is 0 Å². The van der Waals surface area contributed by atoms with Crippen LogP contribution in [0, 0.1) is 11.3 Å². The Labute approximate surface area is 104 Å². The average Bonchev–Trinajstić information content (AvgIpc) is 2.35. The standard InChI is InChI=1S/C14H23NO2/c1-17-14(16)12-10-8-6-4-2-3-5-7-9-11-13-15/h5,7H,2-4,6,8-12H2,1H3/b7-5+. The topological polar surface area (TPSA) is 50.1 Å². The van der Waals surface area contributed by atoms with Crippen LogP contribution in [0.1, 0.15) is 57.8 Å². The highest BCUT2D eigenvalue weighted by Crippen LogP contribution is 2.08. The number of unbranched alkanes of at least 4 members (excludes halogenated alkanes) is 6.